The molecule has 3 atom stereocenters. The van der Waals surface area contributed by atoms with Crippen molar-refractivity contribution >= 4 is 11.8 Å². The van der Waals surface area contributed by atoms with E-state index in [4.69, 9.17) is 4.74 Å². The topological polar surface area (TPSA) is 101 Å². The van der Waals surface area contributed by atoms with E-state index in [2.05, 4.69) is 15.6 Å². The Morgan fingerprint density at radius 3 is 2.69 bits per heavy atom. The molecule has 7 nitrogen and oxygen atoms in total. The number of aliphatic hydroxyl groups is 1. The van der Waals surface area contributed by atoms with Crippen LogP contribution >= 0.6 is 0 Å². The lowest BCUT2D eigenvalue weighted by Gasteiger charge is -2.16. The third-order valence-corrected chi connectivity index (χ3v) is 5.23. The minimum atomic E-state index is -0.733. The van der Waals surface area contributed by atoms with Crippen molar-refractivity contribution in [2.75, 3.05) is 13.7 Å². The first kappa shape index (κ1) is 20.8. The number of amides is 2. The quantitative estimate of drug-likeness (QED) is 0.589. The fraction of sp³-hybridized carbons (Fsp3) is 0.409. The molecular formula is C22H27N3O4. The average molecular weight is 397 g/mol. The molecule has 1 aliphatic rings. The summed E-state index contributed by atoms with van der Waals surface area (Å²) in [5, 5.41) is 16.1. The van der Waals surface area contributed by atoms with Crippen molar-refractivity contribution in [2.24, 2.45) is 5.92 Å². The van der Waals surface area contributed by atoms with Gasteiger partial charge in [0.2, 0.25) is 5.91 Å². The Labute approximate surface area is 170 Å². The summed E-state index contributed by atoms with van der Waals surface area (Å²) >= 11 is 0. The average Bonchev–Trinajstić information content (AvgIpc) is 3.12. The zero-order valence-corrected chi connectivity index (χ0v) is 16.5. The first-order valence-electron chi connectivity index (χ1n) is 9.86. The third-order valence-electron chi connectivity index (χ3n) is 5.23. The highest BCUT2D eigenvalue weighted by molar-refractivity contribution is 5.94. The van der Waals surface area contributed by atoms with Crippen LogP contribution in [0.1, 0.15) is 35.2 Å². The molecule has 1 aromatic carbocycles. The summed E-state index contributed by atoms with van der Waals surface area (Å²) < 4.78 is 5.09. The maximum atomic E-state index is 12.4. The molecule has 3 rings (SSSR count). The molecule has 0 unspecified atom stereocenters. The molecule has 2 aromatic rings. The number of nitrogens with one attached hydrogen (secondary N) is 2. The van der Waals surface area contributed by atoms with Gasteiger partial charge in [-0.15, -0.1) is 0 Å². The second kappa shape index (κ2) is 10.0. The number of hydrogen-bond donors (Lipinski definition) is 3. The smallest absolute Gasteiger partial charge is 0.251 e. The first-order chi connectivity index (χ1) is 14.1. The standard InChI is InChI=1S/C22H27N3O4/c1-29-18-8-6-16(7-9-18)22(28)25-19-12-17(13-20(19)26)21(27)24-11-3-5-15-4-2-10-23-14-15/h2,4,6-10,14,17,19-20,26H,3,5,11-13H2,1H3,(H,24,27)(H,25,28)/t17-,19+,20+/m0/s1. The maximum absolute atomic E-state index is 12.4. The van der Waals surface area contributed by atoms with E-state index >= 15 is 0 Å². The molecular weight excluding hydrogens is 370 g/mol. The maximum Gasteiger partial charge on any atom is 0.251 e. The zero-order chi connectivity index (χ0) is 20.6. The highest BCUT2D eigenvalue weighted by Gasteiger charge is 2.37. The number of aromatic nitrogens is 1. The molecule has 1 heterocycles. The molecule has 0 saturated heterocycles. The van der Waals surface area contributed by atoms with E-state index in [1.165, 1.54) is 0 Å². The van der Waals surface area contributed by atoms with Crippen LogP contribution in [0.4, 0.5) is 0 Å². The van der Waals surface area contributed by atoms with Gasteiger partial charge < -0.3 is 20.5 Å². The van der Waals surface area contributed by atoms with Gasteiger partial charge in [-0.25, -0.2) is 0 Å². The summed E-state index contributed by atoms with van der Waals surface area (Å²) in [6.45, 7) is 0.573. The van der Waals surface area contributed by atoms with Gasteiger partial charge in [0.1, 0.15) is 5.75 Å². The van der Waals surface area contributed by atoms with Crippen LogP contribution in [0.15, 0.2) is 48.8 Å². The van der Waals surface area contributed by atoms with Crippen LogP contribution in [0.2, 0.25) is 0 Å². The Morgan fingerprint density at radius 2 is 2.00 bits per heavy atom. The van der Waals surface area contributed by atoms with Crippen LogP contribution in [0, 0.1) is 5.92 Å². The number of benzene rings is 1. The normalized spacial score (nSPS) is 20.8. The number of hydrogen-bond acceptors (Lipinski definition) is 5. The number of rotatable bonds is 8. The van der Waals surface area contributed by atoms with Crippen LogP contribution in [0.25, 0.3) is 0 Å². The lowest BCUT2D eigenvalue weighted by Crippen LogP contribution is -2.40. The van der Waals surface area contributed by atoms with Crippen molar-refractivity contribution in [3.05, 3.63) is 59.9 Å². The van der Waals surface area contributed by atoms with Crippen LogP contribution in [0.3, 0.4) is 0 Å². The second-order valence-electron chi connectivity index (χ2n) is 7.30. The van der Waals surface area contributed by atoms with Crippen molar-refractivity contribution in [1.29, 1.82) is 0 Å². The Bertz CT molecular complexity index is 811. The molecule has 0 aliphatic heterocycles. The van der Waals surface area contributed by atoms with Gasteiger partial charge in [0, 0.05) is 30.4 Å². The number of ether oxygens (including phenoxy) is 1. The molecule has 0 radical (unpaired) electrons. The van der Waals surface area contributed by atoms with Crippen molar-refractivity contribution in [3.8, 4) is 5.75 Å². The molecule has 7 heteroatoms. The van der Waals surface area contributed by atoms with Crippen LogP contribution in [0.5, 0.6) is 5.75 Å². The van der Waals surface area contributed by atoms with Crippen molar-refractivity contribution < 1.29 is 19.4 Å². The summed E-state index contributed by atoms with van der Waals surface area (Å²) in [6, 6.07) is 10.2. The second-order valence-corrected chi connectivity index (χ2v) is 7.30. The van der Waals surface area contributed by atoms with Crippen LogP contribution in [-0.2, 0) is 11.2 Å². The van der Waals surface area contributed by atoms with Gasteiger partial charge in [0.25, 0.3) is 5.91 Å². The number of aliphatic hydroxyl groups excluding tert-OH is 1. The highest BCUT2D eigenvalue weighted by Crippen LogP contribution is 2.26. The van der Waals surface area contributed by atoms with Gasteiger partial charge in [0.05, 0.1) is 19.3 Å². The molecule has 29 heavy (non-hydrogen) atoms. The van der Waals surface area contributed by atoms with Crippen molar-refractivity contribution in [2.45, 2.75) is 37.8 Å². The van der Waals surface area contributed by atoms with E-state index in [0.717, 1.165) is 18.4 Å². The van der Waals surface area contributed by atoms with E-state index in [1.807, 2.05) is 18.3 Å². The fourth-order valence-electron chi connectivity index (χ4n) is 3.57. The van der Waals surface area contributed by atoms with E-state index in [-0.39, 0.29) is 17.7 Å². The first-order valence-corrected chi connectivity index (χ1v) is 9.86. The predicted molar refractivity (Wildman–Crippen MR) is 109 cm³/mol. The summed E-state index contributed by atoms with van der Waals surface area (Å²) in [7, 11) is 1.56. The number of methoxy groups -OCH3 is 1. The van der Waals surface area contributed by atoms with Gasteiger partial charge in [-0.05, 0) is 61.6 Å². The predicted octanol–water partition coefficient (Wildman–Crippen LogP) is 1.71. The molecule has 1 fully saturated rings. The lowest BCUT2D eigenvalue weighted by atomic mass is 10.1. The monoisotopic (exact) mass is 397 g/mol. The van der Waals surface area contributed by atoms with E-state index < -0.39 is 12.1 Å². The van der Waals surface area contributed by atoms with E-state index in [0.29, 0.717) is 30.7 Å². The van der Waals surface area contributed by atoms with Crippen molar-refractivity contribution in [3.63, 3.8) is 0 Å². The summed E-state index contributed by atoms with van der Waals surface area (Å²) in [5.74, 6) is 0.0259. The van der Waals surface area contributed by atoms with Gasteiger partial charge in [-0.2, -0.15) is 0 Å². The van der Waals surface area contributed by atoms with Gasteiger partial charge in [-0.1, -0.05) is 6.07 Å². The minimum Gasteiger partial charge on any atom is -0.497 e. The Balaban J connectivity index is 1.43. The van der Waals surface area contributed by atoms with Crippen LogP contribution in [-0.4, -0.2) is 47.7 Å². The molecule has 154 valence electrons. The number of pyridine rings is 1. The Morgan fingerprint density at radius 1 is 1.21 bits per heavy atom. The molecule has 0 spiro atoms. The fourth-order valence-corrected chi connectivity index (χ4v) is 3.57. The summed E-state index contributed by atoms with van der Waals surface area (Å²) in [5.41, 5.74) is 1.63. The zero-order valence-electron chi connectivity index (χ0n) is 16.5. The Kier molecular flexibility index (Phi) is 7.19. The van der Waals surface area contributed by atoms with Gasteiger partial charge >= 0.3 is 0 Å². The summed E-state index contributed by atoms with van der Waals surface area (Å²) in [6.07, 6.45) is 5.28. The largest absolute Gasteiger partial charge is 0.497 e. The van der Waals surface area contributed by atoms with Gasteiger partial charge in [0.15, 0.2) is 0 Å². The number of nitrogens with zero attached hydrogens (tertiary/aromatic N) is 1. The third kappa shape index (κ3) is 5.77. The van der Waals surface area contributed by atoms with Crippen LogP contribution < -0.4 is 15.4 Å². The molecule has 1 saturated carbocycles. The van der Waals surface area contributed by atoms with E-state index in [1.54, 1.807) is 37.6 Å². The SMILES string of the molecule is COc1ccc(C(=O)N[C@@H]2C[C@H](C(=O)NCCCc3cccnc3)C[C@H]2O)cc1. The summed E-state index contributed by atoms with van der Waals surface area (Å²) in [4.78, 5) is 28.9. The lowest BCUT2D eigenvalue weighted by molar-refractivity contribution is -0.125. The number of carbonyl (C=O) groups excluding carboxylic acids is 2. The minimum absolute atomic E-state index is 0.0727. The molecule has 1 aliphatic carbocycles. The Hall–Kier alpha value is -2.93. The van der Waals surface area contributed by atoms with E-state index in [9.17, 15) is 14.7 Å². The van der Waals surface area contributed by atoms with Gasteiger partial charge in [-0.3, -0.25) is 14.6 Å². The highest BCUT2D eigenvalue weighted by atomic mass is 16.5. The molecule has 3 N–H and O–H groups in total. The molecule has 1 aromatic heterocycles. The number of carbonyl (C=O) groups is 2. The molecule has 0 bridgehead atoms. The number of aryl methyl sites for hydroxylation is 1. The van der Waals surface area contributed by atoms with Crippen molar-refractivity contribution in [1.82, 2.24) is 15.6 Å². The molecule has 2 amide bonds.